The molecule has 29 heavy (non-hydrogen) atoms. The maximum absolute atomic E-state index is 12.8. The summed E-state index contributed by atoms with van der Waals surface area (Å²) in [6.45, 7) is 0.448. The zero-order valence-corrected chi connectivity index (χ0v) is 16.4. The zero-order valence-electron chi connectivity index (χ0n) is 16.4. The summed E-state index contributed by atoms with van der Waals surface area (Å²) >= 11 is 0. The minimum absolute atomic E-state index is 0.00803. The Bertz CT molecular complexity index is 941. The van der Waals surface area contributed by atoms with Crippen molar-refractivity contribution in [1.29, 1.82) is 0 Å². The van der Waals surface area contributed by atoms with Crippen molar-refractivity contribution in [3.05, 3.63) is 59.4 Å². The van der Waals surface area contributed by atoms with Crippen molar-refractivity contribution in [3.8, 4) is 11.5 Å². The van der Waals surface area contributed by atoms with E-state index in [-0.39, 0.29) is 24.5 Å². The third-order valence-corrected chi connectivity index (χ3v) is 4.73. The number of nitrogens with zero attached hydrogens (tertiary/aromatic N) is 2. The Labute approximate surface area is 168 Å². The first-order chi connectivity index (χ1) is 14.0. The van der Waals surface area contributed by atoms with Crippen LogP contribution in [-0.2, 0) is 14.3 Å². The fraction of sp³-hybridized carbons (Fsp3) is 0.286. The molecule has 0 radical (unpaired) electrons. The standard InChI is InChI=1S/C21H22N2O6/c1-27-10-9-23-18(14-5-4-8-22-12-14)17(20(25)21(23)26)19(24)13-6-7-15(28-2)16(11-13)29-3/h4-8,11-12,18,24H,9-10H2,1-3H3/b19-17-. The van der Waals surface area contributed by atoms with Gasteiger partial charge in [0.05, 0.1) is 32.4 Å². The first kappa shape index (κ1) is 20.3. The number of hydrogen-bond acceptors (Lipinski definition) is 7. The normalized spacial score (nSPS) is 18.2. The molecule has 1 fully saturated rings. The highest BCUT2D eigenvalue weighted by atomic mass is 16.5. The molecule has 1 saturated heterocycles. The van der Waals surface area contributed by atoms with E-state index in [1.165, 1.54) is 26.2 Å². The average molecular weight is 398 g/mol. The second-order valence-electron chi connectivity index (χ2n) is 6.34. The van der Waals surface area contributed by atoms with Crippen LogP contribution in [0.2, 0.25) is 0 Å². The van der Waals surface area contributed by atoms with Gasteiger partial charge in [-0.15, -0.1) is 0 Å². The summed E-state index contributed by atoms with van der Waals surface area (Å²) < 4.78 is 15.6. The Balaban J connectivity index is 2.15. The van der Waals surface area contributed by atoms with Gasteiger partial charge < -0.3 is 24.2 Å². The molecule has 1 aromatic carbocycles. The Morgan fingerprint density at radius 1 is 1.14 bits per heavy atom. The number of aliphatic hydroxyl groups is 1. The number of aromatic nitrogens is 1. The lowest BCUT2D eigenvalue weighted by Gasteiger charge is -2.24. The van der Waals surface area contributed by atoms with E-state index in [0.717, 1.165) is 0 Å². The predicted octanol–water partition coefficient (Wildman–Crippen LogP) is 2.17. The number of benzene rings is 1. The van der Waals surface area contributed by atoms with E-state index in [1.54, 1.807) is 42.7 Å². The minimum Gasteiger partial charge on any atom is -0.507 e. The van der Waals surface area contributed by atoms with Crippen molar-refractivity contribution in [2.75, 3.05) is 34.5 Å². The number of amides is 1. The van der Waals surface area contributed by atoms with Gasteiger partial charge in [-0.3, -0.25) is 14.6 Å². The van der Waals surface area contributed by atoms with Crippen LogP contribution < -0.4 is 9.47 Å². The number of ketones is 1. The van der Waals surface area contributed by atoms with Gasteiger partial charge in [-0.2, -0.15) is 0 Å². The molecule has 2 aromatic rings. The SMILES string of the molecule is COCCN1C(=O)C(=O)/C(=C(\O)c2ccc(OC)c(OC)c2)C1c1cccnc1. The Morgan fingerprint density at radius 3 is 2.52 bits per heavy atom. The molecule has 1 aliphatic heterocycles. The monoisotopic (exact) mass is 398 g/mol. The summed E-state index contributed by atoms with van der Waals surface area (Å²) in [4.78, 5) is 31.0. The summed E-state index contributed by atoms with van der Waals surface area (Å²) in [6, 6.07) is 7.46. The van der Waals surface area contributed by atoms with Crippen molar-refractivity contribution in [3.63, 3.8) is 0 Å². The molecule has 1 N–H and O–H groups in total. The molecule has 1 atom stereocenters. The third kappa shape index (κ3) is 3.79. The van der Waals surface area contributed by atoms with E-state index in [4.69, 9.17) is 14.2 Å². The number of ether oxygens (including phenoxy) is 3. The Hall–Kier alpha value is -3.39. The fourth-order valence-electron chi connectivity index (χ4n) is 3.32. The van der Waals surface area contributed by atoms with Gasteiger partial charge in [-0.1, -0.05) is 6.07 Å². The third-order valence-electron chi connectivity index (χ3n) is 4.73. The summed E-state index contributed by atoms with van der Waals surface area (Å²) in [7, 11) is 4.49. The van der Waals surface area contributed by atoms with E-state index in [9.17, 15) is 14.7 Å². The topological polar surface area (TPSA) is 98.2 Å². The lowest BCUT2D eigenvalue weighted by atomic mass is 9.96. The van der Waals surface area contributed by atoms with Gasteiger partial charge in [-0.05, 0) is 29.8 Å². The van der Waals surface area contributed by atoms with Crippen LogP contribution in [0, 0.1) is 0 Å². The molecule has 1 amide bonds. The second kappa shape index (κ2) is 8.74. The van der Waals surface area contributed by atoms with E-state index in [0.29, 0.717) is 22.6 Å². The van der Waals surface area contributed by atoms with Crippen LogP contribution in [0.4, 0.5) is 0 Å². The number of carbonyl (C=O) groups is 2. The smallest absolute Gasteiger partial charge is 0.295 e. The zero-order chi connectivity index (χ0) is 21.0. The first-order valence-electron chi connectivity index (χ1n) is 8.93. The van der Waals surface area contributed by atoms with Gasteiger partial charge in [0, 0.05) is 31.6 Å². The van der Waals surface area contributed by atoms with Crippen LogP contribution in [0.3, 0.4) is 0 Å². The van der Waals surface area contributed by atoms with Crippen molar-refractivity contribution in [1.82, 2.24) is 9.88 Å². The number of carbonyl (C=O) groups excluding carboxylic acids is 2. The fourth-order valence-corrected chi connectivity index (χ4v) is 3.32. The number of aliphatic hydroxyl groups excluding tert-OH is 1. The maximum atomic E-state index is 12.8. The molecule has 152 valence electrons. The highest BCUT2D eigenvalue weighted by molar-refractivity contribution is 6.46. The van der Waals surface area contributed by atoms with Gasteiger partial charge in [0.2, 0.25) is 0 Å². The summed E-state index contributed by atoms with van der Waals surface area (Å²) in [6.07, 6.45) is 3.16. The number of methoxy groups -OCH3 is 3. The van der Waals surface area contributed by atoms with Crippen molar-refractivity contribution in [2.45, 2.75) is 6.04 Å². The van der Waals surface area contributed by atoms with E-state index in [2.05, 4.69) is 4.98 Å². The highest BCUT2D eigenvalue weighted by Gasteiger charge is 2.46. The Kier molecular flexibility index (Phi) is 6.13. The maximum Gasteiger partial charge on any atom is 0.295 e. The molecule has 1 unspecified atom stereocenters. The molecule has 1 aliphatic rings. The molecular formula is C21H22N2O6. The van der Waals surface area contributed by atoms with Crippen LogP contribution in [0.5, 0.6) is 11.5 Å². The first-order valence-corrected chi connectivity index (χ1v) is 8.93. The summed E-state index contributed by atoms with van der Waals surface area (Å²) in [5.41, 5.74) is 0.942. The minimum atomic E-state index is -0.771. The molecule has 8 heteroatoms. The van der Waals surface area contributed by atoms with Crippen molar-refractivity contribution >= 4 is 17.4 Å². The molecule has 8 nitrogen and oxygen atoms in total. The quantitative estimate of drug-likeness (QED) is 0.434. The van der Waals surface area contributed by atoms with Crippen LogP contribution in [-0.4, -0.2) is 61.2 Å². The highest BCUT2D eigenvalue weighted by Crippen LogP contribution is 2.40. The second-order valence-corrected chi connectivity index (χ2v) is 6.34. The van der Waals surface area contributed by atoms with Gasteiger partial charge in [-0.25, -0.2) is 0 Å². The van der Waals surface area contributed by atoms with Gasteiger partial charge in [0.1, 0.15) is 5.76 Å². The number of hydrogen-bond donors (Lipinski definition) is 1. The molecule has 0 aliphatic carbocycles. The molecular weight excluding hydrogens is 376 g/mol. The van der Waals surface area contributed by atoms with E-state index in [1.807, 2.05) is 0 Å². The predicted molar refractivity (Wildman–Crippen MR) is 105 cm³/mol. The molecule has 0 spiro atoms. The molecule has 3 rings (SSSR count). The average Bonchev–Trinajstić information content (AvgIpc) is 3.01. The van der Waals surface area contributed by atoms with Crippen LogP contribution in [0.1, 0.15) is 17.2 Å². The van der Waals surface area contributed by atoms with Gasteiger partial charge in [0.15, 0.2) is 11.5 Å². The number of likely N-dealkylation sites (tertiary alicyclic amines) is 1. The molecule has 0 bridgehead atoms. The largest absolute Gasteiger partial charge is 0.507 e. The summed E-state index contributed by atoms with van der Waals surface area (Å²) in [5, 5.41) is 11.0. The van der Waals surface area contributed by atoms with E-state index < -0.39 is 17.7 Å². The van der Waals surface area contributed by atoms with Crippen molar-refractivity contribution < 1.29 is 28.9 Å². The van der Waals surface area contributed by atoms with Gasteiger partial charge >= 0.3 is 0 Å². The van der Waals surface area contributed by atoms with Gasteiger partial charge in [0.25, 0.3) is 11.7 Å². The van der Waals surface area contributed by atoms with Crippen LogP contribution in [0.15, 0.2) is 48.3 Å². The van der Waals surface area contributed by atoms with Crippen LogP contribution >= 0.6 is 0 Å². The van der Waals surface area contributed by atoms with Crippen LogP contribution in [0.25, 0.3) is 5.76 Å². The van der Waals surface area contributed by atoms with Crippen molar-refractivity contribution in [2.24, 2.45) is 0 Å². The number of rotatable bonds is 7. The Morgan fingerprint density at radius 2 is 1.90 bits per heavy atom. The molecule has 2 heterocycles. The molecule has 1 aromatic heterocycles. The van der Waals surface area contributed by atoms with E-state index >= 15 is 0 Å². The lowest BCUT2D eigenvalue weighted by Crippen LogP contribution is -2.32. The summed E-state index contributed by atoms with van der Waals surface area (Å²) in [5.74, 6) is -0.880. The number of pyridine rings is 1. The molecule has 0 saturated carbocycles. The number of Topliss-reactive ketones (excluding diaryl/α,β-unsaturated/α-hetero) is 1. The lowest BCUT2D eigenvalue weighted by molar-refractivity contribution is -0.140.